The number of amides is 5. The van der Waals surface area contributed by atoms with Crippen molar-refractivity contribution in [2.24, 2.45) is 0 Å². The van der Waals surface area contributed by atoms with E-state index in [4.69, 9.17) is 27.9 Å². The molecule has 4 aromatic carbocycles. The Kier molecular flexibility index (Phi) is 8.14. The molecule has 1 saturated heterocycles. The van der Waals surface area contributed by atoms with Crippen LogP contribution in [-0.4, -0.2) is 30.4 Å². The van der Waals surface area contributed by atoms with E-state index in [-0.39, 0.29) is 23.0 Å². The number of imide groups is 2. The van der Waals surface area contributed by atoms with Gasteiger partial charge in [-0.15, -0.1) is 0 Å². The molecule has 1 N–H and O–H groups in total. The zero-order valence-corrected chi connectivity index (χ0v) is 22.8. The fourth-order valence-corrected chi connectivity index (χ4v) is 4.44. The van der Waals surface area contributed by atoms with Crippen molar-refractivity contribution in [1.29, 1.82) is 0 Å². The zero-order chi connectivity index (χ0) is 28.9. The number of carbonyl (C=O) groups excluding carboxylic acids is 4. The Morgan fingerprint density at radius 2 is 1.29 bits per heavy atom. The number of barbiturate groups is 1. The molecule has 10 heteroatoms. The van der Waals surface area contributed by atoms with Crippen LogP contribution >= 0.6 is 23.2 Å². The highest BCUT2D eigenvalue weighted by Crippen LogP contribution is 2.31. The summed E-state index contributed by atoms with van der Waals surface area (Å²) < 4.78 is 5.75. The summed E-state index contributed by atoms with van der Waals surface area (Å²) in [6, 6.07) is 27.2. The van der Waals surface area contributed by atoms with Gasteiger partial charge in [-0.2, -0.15) is 0 Å². The molecule has 5 amide bonds. The number of benzene rings is 4. The molecule has 0 atom stereocenters. The van der Waals surface area contributed by atoms with Crippen molar-refractivity contribution in [1.82, 2.24) is 0 Å². The number of rotatable bonds is 7. The number of nitrogens with one attached hydrogen (secondary N) is 1. The zero-order valence-electron chi connectivity index (χ0n) is 21.3. The van der Waals surface area contributed by atoms with Gasteiger partial charge in [0.15, 0.2) is 6.61 Å². The number of hydrogen-bond acceptors (Lipinski definition) is 5. The molecule has 204 valence electrons. The van der Waals surface area contributed by atoms with Gasteiger partial charge in [0.1, 0.15) is 11.3 Å². The average Bonchev–Trinajstić information content (AvgIpc) is 2.98. The monoisotopic (exact) mass is 585 g/mol. The Hall–Kier alpha value is -4.92. The van der Waals surface area contributed by atoms with Gasteiger partial charge in [0.25, 0.3) is 17.7 Å². The molecule has 41 heavy (non-hydrogen) atoms. The van der Waals surface area contributed by atoms with Gasteiger partial charge in [-0.3, -0.25) is 14.4 Å². The molecule has 0 bridgehead atoms. The van der Waals surface area contributed by atoms with Crippen molar-refractivity contribution in [2.75, 3.05) is 21.7 Å². The number of carbonyl (C=O) groups is 4. The molecular weight excluding hydrogens is 565 g/mol. The Morgan fingerprint density at radius 3 is 1.88 bits per heavy atom. The summed E-state index contributed by atoms with van der Waals surface area (Å²) in [5, 5.41) is 3.31. The number of hydrogen-bond donors (Lipinski definition) is 1. The molecule has 8 nitrogen and oxygen atoms in total. The van der Waals surface area contributed by atoms with Gasteiger partial charge in [0.05, 0.1) is 21.4 Å². The van der Waals surface area contributed by atoms with Crippen LogP contribution in [0.25, 0.3) is 6.08 Å². The van der Waals surface area contributed by atoms with Crippen LogP contribution in [0.5, 0.6) is 5.75 Å². The minimum absolute atomic E-state index is 0.249. The lowest BCUT2D eigenvalue weighted by molar-refractivity contribution is -0.121. The molecule has 0 unspecified atom stereocenters. The molecule has 4 aromatic rings. The van der Waals surface area contributed by atoms with Crippen LogP contribution in [0.4, 0.5) is 21.9 Å². The number of ether oxygens (including phenoxy) is 1. The molecule has 1 aliphatic rings. The van der Waals surface area contributed by atoms with Crippen molar-refractivity contribution in [3.05, 3.63) is 124 Å². The number of anilines is 3. The average molecular weight is 586 g/mol. The van der Waals surface area contributed by atoms with Crippen molar-refractivity contribution in [3.63, 3.8) is 0 Å². The Morgan fingerprint density at radius 1 is 0.732 bits per heavy atom. The van der Waals surface area contributed by atoms with Crippen molar-refractivity contribution in [3.8, 4) is 5.75 Å². The lowest BCUT2D eigenvalue weighted by Crippen LogP contribution is -2.57. The third-order valence-electron chi connectivity index (χ3n) is 6.06. The van der Waals surface area contributed by atoms with E-state index in [2.05, 4.69) is 5.32 Å². The standard InChI is InChI=1S/C31H21Cl2N3O5/c32-25-16-15-21(18-26(25)33)34-28(37)19-41-27-14-8-7-9-20(27)17-24-29(38)35(22-10-3-1-4-11-22)31(40)36(30(24)39)23-12-5-2-6-13-23/h1-18H,19H2,(H,34,37). The van der Waals surface area contributed by atoms with E-state index in [1.165, 1.54) is 12.1 Å². The second kappa shape index (κ2) is 12.1. The first kappa shape index (κ1) is 27.6. The normalized spacial score (nSPS) is 13.3. The van der Waals surface area contributed by atoms with E-state index in [1.54, 1.807) is 97.1 Å². The van der Waals surface area contributed by atoms with Crippen molar-refractivity contribution >= 4 is 70.1 Å². The van der Waals surface area contributed by atoms with Gasteiger partial charge in [0.2, 0.25) is 0 Å². The van der Waals surface area contributed by atoms with Gasteiger partial charge in [-0.05, 0) is 54.6 Å². The lowest BCUT2D eigenvalue weighted by atomic mass is 10.0. The Balaban J connectivity index is 1.45. The predicted octanol–water partition coefficient (Wildman–Crippen LogP) is 6.59. The third kappa shape index (κ3) is 5.99. The van der Waals surface area contributed by atoms with Crippen LogP contribution in [0, 0.1) is 0 Å². The largest absolute Gasteiger partial charge is 0.483 e. The maximum atomic E-state index is 13.6. The number of halogens is 2. The smallest absolute Gasteiger partial charge is 0.343 e. The molecular formula is C31H21Cl2N3O5. The summed E-state index contributed by atoms with van der Waals surface area (Å²) in [5.41, 5.74) is 1.17. The van der Waals surface area contributed by atoms with Crippen molar-refractivity contribution in [2.45, 2.75) is 0 Å². The summed E-state index contributed by atoms with van der Waals surface area (Å²) in [7, 11) is 0. The number of para-hydroxylation sites is 3. The Bertz CT molecular complexity index is 1610. The number of nitrogens with zero attached hydrogens (tertiary/aromatic N) is 2. The molecule has 1 aliphatic heterocycles. The van der Waals surface area contributed by atoms with Gasteiger partial charge in [-0.1, -0.05) is 77.8 Å². The maximum Gasteiger partial charge on any atom is 0.343 e. The molecule has 0 saturated carbocycles. The number of urea groups is 1. The molecule has 0 aromatic heterocycles. The first-order valence-corrected chi connectivity index (χ1v) is 13.1. The fourth-order valence-electron chi connectivity index (χ4n) is 4.14. The predicted molar refractivity (Wildman–Crippen MR) is 158 cm³/mol. The van der Waals surface area contributed by atoms with Gasteiger partial charge < -0.3 is 10.1 Å². The van der Waals surface area contributed by atoms with E-state index in [9.17, 15) is 19.2 Å². The molecule has 0 aliphatic carbocycles. The Labute approximate surface area is 245 Å². The van der Waals surface area contributed by atoms with Crippen LogP contribution in [0.3, 0.4) is 0 Å². The summed E-state index contributed by atoms with van der Waals surface area (Å²) >= 11 is 11.9. The van der Waals surface area contributed by atoms with Crippen LogP contribution in [0.2, 0.25) is 10.0 Å². The summed E-state index contributed by atoms with van der Waals surface area (Å²) in [6.07, 6.45) is 1.36. The molecule has 1 heterocycles. The van der Waals surface area contributed by atoms with Crippen LogP contribution < -0.4 is 19.9 Å². The van der Waals surface area contributed by atoms with E-state index in [0.29, 0.717) is 27.6 Å². The van der Waals surface area contributed by atoms with E-state index in [0.717, 1.165) is 9.80 Å². The van der Waals surface area contributed by atoms with Crippen LogP contribution in [0.15, 0.2) is 109 Å². The maximum absolute atomic E-state index is 13.6. The lowest BCUT2D eigenvalue weighted by Gasteiger charge is -2.34. The highest BCUT2D eigenvalue weighted by Gasteiger charge is 2.43. The molecule has 0 radical (unpaired) electrons. The first-order valence-electron chi connectivity index (χ1n) is 12.3. The summed E-state index contributed by atoms with van der Waals surface area (Å²) in [6.45, 7) is -0.368. The van der Waals surface area contributed by atoms with E-state index in [1.807, 2.05) is 0 Å². The molecule has 5 rings (SSSR count). The molecule has 1 fully saturated rings. The van der Waals surface area contributed by atoms with Gasteiger partial charge in [0, 0.05) is 11.3 Å². The quantitative estimate of drug-likeness (QED) is 0.195. The highest BCUT2D eigenvalue weighted by atomic mass is 35.5. The second-order valence-corrected chi connectivity index (χ2v) is 9.61. The minimum Gasteiger partial charge on any atom is -0.483 e. The van der Waals surface area contributed by atoms with Gasteiger partial charge >= 0.3 is 6.03 Å². The highest BCUT2D eigenvalue weighted by molar-refractivity contribution is 6.46. The van der Waals surface area contributed by atoms with Crippen LogP contribution in [0.1, 0.15) is 5.56 Å². The van der Waals surface area contributed by atoms with Crippen molar-refractivity contribution < 1.29 is 23.9 Å². The minimum atomic E-state index is -0.793. The summed E-state index contributed by atoms with van der Waals surface area (Å²) in [5.74, 6) is -1.79. The second-order valence-electron chi connectivity index (χ2n) is 8.80. The fraction of sp³-hybridized carbons (Fsp3) is 0.0323. The third-order valence-corrected chi connectivity index (χ3v) is 6.80. The topological polar surface area (TPSA) is 96.0 Å². The summed E-state index contributed by atoms with van der Waals surface area (Å²) in [4.78, 5) is 55.2. The SMILES string of the molecule is O=C(COc1ccccc1C=C1C(=O)N(c2ccccc2)C(=O)N(c2ccccc2)C1=O)Nc1ccc(Cl)c(Cl)c1. The van der Waals surface area contributed by atoms with E-state index < -0.39 is 23.8 Å². The first-order chi connectivity index (χ1) is 19.8. The molecule has 0 spiro atoms. The van der Waals surface area contributed by atoms with Gasteiger partial charge in [-0.25, -0.2) is 14.6 Å². The van der Waals surface area contributed by atoms with Crippen LogP contribution in [-0.2, 0) is 14.4 Å². The van der Waals surface area contributed by atoms with E-state index >= 15 is 0 Å².